The van der Waals surface area contributed by atoms with Gasteiger partial charge in [0.05, 0.1) is 19.1 Å². The van der Waals surface area contributed by atoms with Crippen molar-refractivity contribution in [1.82, 2.24) is 4.90 Å². The molecule has 0 rings (SSSR count). The molecule has 0 radical (unpaired) electrons. The molecule has 15 heavy (non-hydrogen) atoms. The van der Waals surface area contributed by atoms with Crippen molar-refractivity contribution in [1.29, 1.82) is 0 Å². The lowest BCUT2D eigenvalue weighted by Crippen LogP contribution is -2.43. The number of nitrogens with zero attached hydrogens (tertiary/aromatic N) is 1. The average molecular weight is 211 g/mol. The number of carbonyl (C=O) groups excluding carboxylic acids is 1. The monoisotopic (exact) mass is 211 g/mol. The molecule has 0 atom stereocenters. The molecule has 3 nitrogen and oxygen atoms in total. The molecule has 0 aromatic rings. The van der Waals surface area contributed by atoms with Crippen molar-refractivity contribution in [3.63, 3.8) is 0 Å². The minimum absolute atomic E-state index is 0.172. The highest BCUT2D eigenvalue weighted by Gasteiger charge is 2.23. The van der Waals surface area contributed by atoms with Gasteiger partial charge in [-0.1, -0.05) is 12.8 Å². The van der Waals surface area contributed by atoms with Gasteiger partial charge in [0.1, 0.15) is 0 Å². The van der Waals surface area contributed by atoms with Crippen LogP contribution in [0.25, 0.3) is 0 Å². The van der Waals surface area contributed by atoms with Gasteiger partial charge in [-0.05, 0) is 27.3 Å². The largest absolute Gasteiger partial charge is 0.469 e. The van der Waals surface area contributed by atoms with Gasteiger partial charge in [-0.25, -0.2) is 0 Å². The summed E-state index contributed by atoms with van der Waals surface area (Å²) in [6.07, 6.45) is 0.416. The van der Waals surface area contributed by atoms with Crippen LogP contribution >= 0.6 is 0 Å². The molecule has 0 saturated carbocycles. The van der Waals surface area contributed by atoms with Gasteiger partial charge in [-0.15, -0.1) is 5.92 Å². The Morgan fingerprint density at radius 3 is 2.47 bits per heavy atom. The third-order valence-corrected chi connectivity index (χ3v) is 2.42. The van der Waals surface area contributed by atoms with Gasteiger partial charge >= 0.3 is 5.97 Å². The summed E-state index contributed by atoms with van der Waals surface area (Å²) in [4.78, 5) is 13.2. The van der Waals surface area contributed by atoms with Crippen LogP contribution < -0.4 is 0 Å². The molecule has 86 valence electrons. The number of ether oxygens (including phenoxy) is 1. The van der Waals surface area contributed by atoms with Crippen molar-refractivity contribution in [2.45, 2.75) is 39.7 Å². The molecule has 0 fully saturated rings. The van der Waals surface area contributed by atoms with E-state index in [9.17, 15) is 4.79 Å². The SMILES string of the molecule is CC#CC(C)(C)N(CC)CCC(=O)OC. The molecule has 0 aliphatic carbocycles. The Hall–Kier alpha value is -1.01. The molecule has 0 amide bonds. The minimum Gasteiger partial charge on any atom is -0.469 e. The first kappa shape index (κ1) is 14.0. The standard InChI is InChI=1S/C12H21NO2/c1-6-9-12(3,4)13(7-2)10-8-11(14)15-5/h7-8,10H2,1-5H3. The Morgan fingerprint density at radius 2 is 2.07 bits per heavy atom. The van der Waals surface area contributed by atoms with E-state index in [0.29, 0.717) is 13.0 Å². The quantitative estimate of drug-likeness (QED) is 0.512. The summed E-state index contributed by atoms with van der Waals surface area (Å²) in [6, 6.07) is 0. The van der Waals surface area contributed by atoms with Crippen molar-refractivity contribution in [3.05, 3.63) is 0 Å². The summed E-state index contributed by atoms with van der Waals surface area (Å²) in [5.74, 6) is 5.88. The first-order valence-corrected chi connectivity index (χ1v) is 5.23. The number of esters is 1. The van der Waals surface area contributed by atoms with Crippen molar-refractivity contribution >= 4 is 5.97 Å². The van der Waals surface area contributed by atoms with Gasteiger partial charge in [-0.3, -0.25) is 9.69 Å². The maximum Gasteiger partial charge on any atom is 0.306 e. The van der Waals surface area contributed by atoms with E-state index in [1.807, 2.05) is 6.92 Å². The van der Waals surface area contributed by atoms with Crippen LogP contribution in [0.15, 0.2) is 0 Å². The summed E-state index contributed by atoms with van der Waals surface area (Å²) >= 11 is 0. The van der Waals surface area contributed by atoms with E-state index >= 15 is 0 Å². The summed E-state index contributed by atoms with van der Waals surface area (Å²) in [5.41, 5.74) is -0.183. The average Bonchev–Trinajstić information content (AvgIpc) is 2.17. The van der Waals surface area contributed by atoms with Gasteiger partial charge < -0.3 is 4.74 Å². The minimum atomic E-state index is -0.183. The molecule has 0 spiro atoms. The first-order valence-electron chi connectivity index (χ1n) is 5.23. The predicted molar refractivity (Wildman–Crippen MR) is 61.4 cm³/mol. The molecule has 3 heteroatoms. The molecule has 0 heterocycles. The van der Waals surface area contributed by atoms with Crippen LogP contribution in [0.4, 0.5) is 0 Å². The predicted octanol–water partition coefficient (Wildman–Crippen LogP) is 1.67. The van der Waals surface area contributed by atoms with Gasteiger partial charge in [0, 0.05) is 6.54 Å². The van der Waals surface area contributed by atoms with Crippen LogP contribution in [0.2, 0.25) is 0 Å². The smallest absolute Gasteiger partial charge is 0.306 e. The van der Waals surface area contributed by atoms with Crippen LogP contribution in [-0.4, -0.2) is 36.6 Å². The van der Waals surface area contributed by atoms with E-state index in [1.54, 1.807) is 0 Å². The summed E-state index contributed by atoms with van der Waals surface area (Å²) in [6.45, 7) is 9.57. The molecule has 0 saturated heterocycles. The van der Waals surface area contributed by atoms with Crippen molar-refractivity contribution < 1.29 is 9.53 Å². The molecule has 0 aromatic heterocycles. The Morgan fingerprint density at radius 1 is 1.47 bits per heavy atom. The molecular weight excluding hydrogens is 190 g/mol. The lowest BCUT2D eigenvalue weighted by molar-refractivity contribution is -0.141. The highest BCUT2D eigenvalue weighted by atomic mass is 16.5. The van der Waals surface area contributed by atoms with Crippen LogP contribution in [0.5, 0.6) is 0 Å². The van der Waals surface area contributed by atoms with Crippen LogP contribution in [-0.2, 0) is 9.53 Å². The highest BCUT2D eigenvalue weighted by Crippen LogP contribution is 2.13. The zero-order valence-corrected chi connectivity index (χ0v) is 10.4. The van der Waals surface area contributed by atoms with E-state index in [1.165, 1.54) is 7.11 Å². The topological polar surface area (TPSA) is 29.5 Å². The van der Waals surface area contributed by atoms with Crippen molar-refractivity contribution in [2.24, 2.45) is 0 Å². The summed E-state index contributed by atoms with van der Waals surface area (Å²) in [7, 11) is 1.41. The third kappa shape index (κ3) is 4.85. The number of carbonyl (C=O) groups is 1. The number of hydrogen-bond donors (Lipinski definition) is 0. The normalized spacial score (nSPS) is 10.8. The second-order valence-corrected chi connectivity index (χ2v) is 3.84. The summed E-state index contributed by atoms with van der Waals surface area (Å²) in [5, 5.41) is 0. The van der Waals surface area contributed by atoms with E-state index < -0.39 is 0 Å². The van der Waals surface area contributed by atoms with Gasteiger partial charge in [0.25, 0.3) is 0 Å². The zero-order chi connectivity index (χ0) is 11.9. The van der Waals surface area contributed by atoms with Gasteiger partial charge in [0.15, 0.2) is 0 Å². The maximum absolute atomic E-state index is 11.0. The second-order valence-electron chi connectivity index (χ2n) is 3.84. The molecule has 0 aliphatic heterocycles. The molecule has 0 unspecified atom stereocenters. The highest BCUT2D eigenvalue weighted by molar-refractivity contribution is 5.69. The third-order valence-electron chi connectivity index (χ3n) is 2.42. The molecule has 0 N–H and O–H groups in total. The Kier molecular flexibility index (Phi) is 6.03. The summed E-state index contributed by atoms with van der Waals surface area (Å²) < 4.78 is 4.62. The van der Waals surface area contributed by atoms with E-state index in [2.05, 4.69) is 42.2 Å². The number of hydrogen-bond acceptors (Lipinski definition) is 3. The number of methoxy groups -OCH3 is 1. The van der Waals surface area contributed by atoms with Gasteiger partial charge in [-0.2, -0.15) is 0 Å². The molecular formula is C12H21NO2. The molecule has 0 bridgehead atoms. The molecule has 0 aliphatic rings. The Labute approximate surface area is 92.8 Å². The van der Waals surface area contributed by atoms with Crippen LogP contribution in [0.3, 0.4) is 0 Å². The number of rotatable bonds is 5. The van der Waals surface area contributed by atoms with Crippen molar-refractivity contribution in [3.8, 4) is 11.8 Å². The first-order chi connectivity index (χ1) is 6.97. The van der Waals surface area contributed by atoms with E-state index in [4.69, 9.17) is 0 Å². The Bertz CT molecular complexity index is 261. The van der Waals surface area contributed by atoms with Crippen LogP contribution in [0.1, 0.15) is 34.1 Å². The van der Waals surface area contributed by atoms with Crippen LogP contribution in [0, 0.1) is 11.8 Å². The fourth-order valence-electron chi connectivity index (χ4n) is 1.55. The van der Waals surface area contributed by atoms with Crippen molar-refractivity contribution in [2.75, 3.05) is 20.2 Å². The zero-order valence-electron chi connectivity index (χ0n) is 10.4. The second kappa shape index (κ2) is 6.47. The lowest BCUT2D eigenvalue weighted by atomic mass is 10.0. The Balaban J connectivity index is 4.34. The fraction of sp³-hybridized carbons (Fsp3) is 0.750. The maximum atomic E-state index is 11.0. The molecule has 0 aromatic carbocycles. The van der Waals surface area contributed by atoms with Gasteiger partial charge in [0.2, 0.25) is 0 Å². The fourth-order valence-corrected chi connectivity index (χ4v) is 1.55. The van der Waals surface area contributed by atoms with E-state index in [-0.39, 0.29) is 11.5 Å². The van der Waals surface area contributed by atoms with E-state index in [0.717, 1.165) is 6.54 Å². The lowest BCUT2D eigenvalue weighted by Gasteiger charge is -2.33.